The first-order chi connectivity index (χ1) is 11.1. The summed E-state index contributed by atoms with van der Waals surface area (Å²) in [4.78, 5) is 12.1. The molecule has 0 unspecified atom stereocenters. The summed E-state index contributed by atoms with van der Waals surface area (Å²) in [7, 11) is 0. The minimum atomic E-state index is -0.201. The zero-order valence-electron chi connectivity index (χ0n) is 13.2. The van der Waals surface area contributed by atoms with Crippen molar-refractivity contribution in [3.05, 3.63) is 47.6 Å². The lowest BCUT2D eigenvalue weighted by Gasteiger charge is -2.05. The van der Waals surface area contributed by atoms with E-state index in [1.54, 1.807) is 18.4 Å². The van der Waals surface area contributed by atoms with Crippen LogP contribution in [0.1, 0.15) is 28.3 Å². The van der Waals surface area contributed by atoms with Gasteiger partial charge in [-0.1, -0.05) is 0 Å². The monoisotopic (exact) mass is 313 g/mol. The highest BCUT2D eigenvalue weighted by atomic mass is 16.3. The van der Waals surface area contributed by atoms with E-state index in [4.69, 9.17) is 4.42 Å². The minimum Gasteiger partial charge on any atom is -0.463 e. The maximum Gasteiger partial charge on any atom is 0.271 e. The van der Waals surface area contributed by atoms with Crippen LogP contribution in [0.3, 0.4) is 0 Å². The van der Waals surface area contributed by atoms with Gasteiger partial charge in [0.05, 0.1) is 12.0 Å². The average Bonchev–Trinajstić information content (AvgIpc) is 3.24. The zero-order valence-corrected chi connectivity index (χ0v) is 13.2. The van der Waals surface area contributed by atoms with Crippen LogP contribution >= 0.6 is 0 Å². The summed E-state index contributed by atoms with van der Waals surface area (Å²) < 4.78 is 7.21. The Bertz CT molecular complexity index is 785. The van der Waals surface area contributed by atoms with Crippen LogP contribution in [0.5, 0.6) is 0 Å². The standard InChI is InChI=1S/C16H19N5O2/c1-11-9-12(2)21(20-11)7-4-6-17-16(22)14-10-13(18-19-14)15-5-3-8-23-15/h3,5,8-10H,4,6-7H2,1-2H3,(H,17,22)(H,18,19). The van der Waals surface area contributed by atoms with Crippen molar-refractivity contribution in [3.63, 3.8) is 0 Å². The molecule has 1 amide bonds. The molecule has 0 aliphatic rings. The molecule has 3 aromatic heterocycles. The Hall–Kier alpha value is -2.83. The molecule has 0 spiro atoms. The number of aryl methyl sites for hydroxylation is 3. The lowest BCUT2D eigenvalue weighted by molar-refractivity contribution is 0.0947. The van der Waals surface area contributed by atoms with Crippen molar-refractivity contribution in [1.29, 1.82) is 0 Å². The highest BCUT2D eigenvalue weighted by Gasteiger charge is 2.12. The van der Waals surface area contributed by atoms with Gasteiger partial charge in [-0.3, -0.25) is 14.6 Å². The van der Waals surface area contributed by atoms with Gasteiger partial charge in [-0.25, -0.2) is 0 Å². The molecule has 0 saturated carbocycles. The second-order valence-corrected chi connectivity index (χ2v) is 5.40. The molecule has 0 saturated heterocycles. The number of carbonyl (C=O) groups excluding carboxylic acids is 1. The number of carbonyl (C=O) groups is 1. The second-order valence-electron chi connectivity index (χ2n) is 5.40. The molecular formula is C16H19N5O2. The first kappa shape index (κ1) is 15.1. The molecule has 0 atom stereocenters. The molecule has 0 radical (unpaired) electrons. The van der Waals surface area contributed by atoms with Gasteiger partial charge in [0.2, 0.25) is 0 Å². The van der Waals surface area contributed by atoms with Crippen molar-refractivity contribution in [2.45, 2.75) is 26.8 Å². The molecule has 120 valence electrons. The number of H-pyrrole nitrogens is 1. The molecule has 7 heteroatoms. The molecule has 7 nitrogen and oxygen atoms in total. The number of hydrogen-bond donors (Lipinski definition) is 2. The molecule has 2 N–H and O–H groups in total. The van der Waals surface area contributed by atoms with Gasteiger partial charge in [0.1, 0.15) is 5.69 Å². The molecule has 3 aromatic rings. The molecule has 0 aliphatic carbocycles. The number of nitrogens with zero attached hydrogens (tertiary/aromatic N) is 3. The molecule has 0 aromatic carbocycles. The van der Waals surface area contributed by atoms with Crippen LogP contribution in [0.4, 0.5) is 0 Å². The van der Waals surface area contributed by atoms with Crippen LogP contribution in [0.25, 0.3) is 11.5 Å². The van der Waals surface area contributed by atoms with E-state index in [2.05, 4.69) is 20.6 Å². The summed E-state index contributed by atoms with van der Waals surface area (Å²) >= 11 is 0. The number of amides is 1. The molecule has 3 heterocycles. The molecule has 0 fully saturated rings. The third-order valence-corrected chi connectivity index (χ3v) is 3.53. The Morgan fingerprint density at radius 2 is 2.26 bits per heavy atom. The number of furan rings is 1. The highest BCUT2D eigenvalue weighted by molar-refractivity contribution is 5.93. The van der Waals surface area contributed by atoms with Gasteiger partial charge in [-0.05, 0) is 38.5 Å². The Kier molecular flexibility index (Phi) is 4.27. The fourth-order valence-corrected chi connectivity index (χ4v) is 2.42. The summed E-state index contributed by atoms with van der Waals surface area (Å²) in [5.41, 5.74) is 3.17. The Morgan fingerprint density at radius 3 is 2.96 bits per heavy atom. The number of nitrogens with one attached hydrogen (secondary N) is 2. The minimum absolute atomic E-state index is 0.201. The van der Waals surface area contributed by atoms with Gasteiger partial charge < -0.3 is 9.73 Å². The average molecular weight is 313 g/mol. The van der Waals surface area contributed by atoms with Gasteiger partial charge >= 0.3 is 0 Å². The molecule has 23 heavy (non-hydrogen) atoms. The van der Waals surface area contributed by atoms with Gasteiger partial charge in [0, 0.05) is 24.8 Å². The first-order valence-electron chi connectivity index (χ1n) is 7.52. The summed E-state index contributed by atoms with van der Waals surface area (Å²) in [6.07, 6.45) is 2.39. The van der Waals surface area contributed by atoms with E-state index in [1.165, 1.54) is 0 Å². The summed E-state index contributed by atoms with van der Waals surface area (Å²) in [5, 5.41) is 14.1. The highest BCUT2D eigenvalue weighted by Crippen LogP contribution is 2.17. The fraction of sp³-hybridized carbons (Fsp3) is 0.312. The molecule has 0 aliphatic heterocycles. The van der Waals surface area contributed by atoms with E-state index in [1.807, 2.05) is 30.7 Å². The van der Waals surface area contributed by atoms with Crippen LogP contribution in [-0.2, 0) is 6.54 Å². The topological polar surface area (TPSA) is 88.7 Å². The van der Waals surface area contributed by atoms with Crippen molar-refractivity contribution in [2.75, 3.05) is 6.54 Å². The summed E-state index contributed by atoms with van der Waals surface area (Å²) in [6, 6.07) is 7.31. The molecule has 0 bridgehead atoms. The Balaban J connectivity index is 1.49. The third kappa shape index (κ3) is 3.50. The first-order valence-corrected chi connectivity index (χ1v) is 7.52. The van der Waals surface area contributed by atoms with E-state index in [0.29, 0.717) is 23.7 Å². The smallest absolute Gasteiger partial charge is 0.271 e. The van der Waals surface area contributed by atoms with Crippen molar-refractivity contribution >= 4 is 5.91 Å². The number of rotatable bonds is 6. The van der Waals surface area contributed by atoms with E-state index >= 15 is 0 Å². The van der Waals surface area contributed by atoms with Crippen molar-refractivity contribution < 1.29 is 9.21 Å². The van der Waals surface area contributed by atoms with Gasteiger partial charge in [0.25, 0.3) is 5.91 Å². The predicted molar refractivity (Wildman–Crippen MR) is 84.9 cm³/mol. The zero-order chi connectivity index (χ0) is 16.2. The summed E-state index contributed by atoms with van der Waals surface area (Å²) in [5.74, 6) is 0.452. The van der Waals surface area contributed by atoms with Gasteiger partial charge in [-0.15, -0.1) is 0 Å². The van der Waals surface area contributed by atoms with Crippen LogP contribution in [0.15, 0.2) is 34.9 Å². The van der Waals surface area contributed by atoms with Crippen molar-refractivity contribution in [1.82, 2.24) is 25.3 Å². The maximum absolute atomic E-state index is 12.1. The lowest BCUT2D eigenvalue weighted by atomic mass is 10.3. The number of hydrogen-bond acceptors (Lipinski definition) is 4. The fourth-order valence-electron chi connectivity index (χ4n) is 2.42. The summed E-state index contributed by atoms with van der Waals surface area (Å²) in [6.45, 7) is 5.34. The predicted octanol–water partition coefficient (Wildman–Crippen LogP) is 2.30. The van der Waals surface area contributed by atoms with E-state index < -0.39 is 0 Å². The SMILES string of the molecule is Cc1cc(C)n(CCCNC(=O)c2cc(-c3ccco3)[nH]n2)n1. The quantitative estimate of drug-likeness (QED) is 0.683. The maximum atomic E-state index is 12.1. The Labute approximate surface area is 133 Å². The van der Waals surface area contributed by atoms with E-state index in [-0.39, 0.29) is 5.91 Å². The largest absolute Gasteiger partial charge is 0.463 e. The van der Waals surface area contributed by atoms with E-state index in [0.717, 1.165) is 24.4 Å². The third-order valence-electron chi connectivity index (χ3n) is 3.53. The van der Waals surface area contributed by atoms with Crippen LogP contribution < -0.4 is 5.32 Å². The number of aromatic nitrogens is 4. The van der Waals surface area contributed by atoms with Crippen LogP contribution in [0, 0.1) is 13.8 Å². The molecule has 3 rings (SSSR count). The second kappa shape index (κ2) is 6.51. The number of aromatic amines is 1. The Morgan fingerprint density at radius 1 is 1.39 bits per heavy atom. The van der Waals surface area contributed by atoms with Crippen LogP contribution in [0.2, 0.25) is 0 Å². The van der Waals surface area contributed by atoms with Gasteiger partial charge in [0.15, 0.2) is 11.5 Å². The molecular weight excluding hydrogens is 294 g/mol. The van der Waals surface area contributed by atoms with E-state index in [9.17, 15) is 4.79 Å². The van der Waals surface area contributed by atoms with Crippen LogP contribution in [-0.4, -0.2) is 32.4 Å². The lowest BCUT2D eigenvalue weighted by Crippen LogP contribution is -2.25. The normalized spacial score (nSPS) is 10.9. The van der Waals surface area contributed by atoms with Crippen molar-refractivity contribution in [3.8, 4) is 11.5 Å². The van der Waals surface area contributed by atoms with Crippen molar-refractivity contribution in [2.24, 2.45) is 0 Å². The van der Waals surface area contributed by atoms with Gasteiger partial charge in [-0.2, -0.15) is 10.2 Å².